The van der Waals surface area contributed by atoms with E-state index in [1.807, 2.05) is 52.0 Å². The molecule has 0 fully saturated rings. The van der Waals surface area contributed by atoms with Gasteiger partial charge in [-0.3, -0.25) is 4.79 Å². The topological polar surface area (TPSA) is 47.6 Å². The highest BCUT2D eigenvalue weighted by molar-refractivity contribution is 5.77. The highest BCUT2D eigenvalue weighted by Gasteiger charge is 2.04. The maximum Gasteiger partial charge on any atom is 0.258 e. The van der Waals surface area contributed by atoms with Crippen LogP contribution in [0.3, 0.4) is 0 Å². The molecule has 0 unspecified atom stereocenters. The highest BCUT2D eigenvalue weighted by atomic mass is 16.5. The van der Waals surface area contributed by atoms with Crippen molar-refractivity contribution in [3.05, 3.63) is 58.7 Å². The third-order valence-electron chi connectivity index (χ3n) is 3.58. The second kappa shape index (κ2) is 8.39. The highest BCUT2D eigenvalue weighted by Crippen LogP contribution is 2.18. The molecule has 2 aromatic carbocycles. The van der Waals surface area contributed by atoms with Crippen LogP contribution in [-0.4, -0.2) is 25.7 Å². The number of amides is 1. The Morgan fingerprint density at radius 3 is 2.29 bits per heavy atom. The van der Waals surface area contributed by atoms with Gasteiger partial charge < -0.3 is 14.8 Å². The smallest absolute Gasteiger partial charge is 0.258 e. The van der Waals surface area contributed by atoms with E-state index in [0.717, 1.165) is 22.4 Å². The lowest BCUT2D eigenvalue weighted by atomic mass is 10.1. The van der Waals surface area contributed by atoms with Gasteiger partial charge in [0.1, 0.15) is 18.1 Å². The molecule has 0 radical (unpaired) electrons. The van der Waals surface area contributed by atoms with Crippen molar-refractivity contribution in [2.45, 2.75) is 27.7 Å². The Balaban J connectivity index is 1.69. The van der Waals surface area contributed by atoms with E-state index in [4.69, 9.17) is 9.47 Å². The summed E-state index contributed by atoms with van der Waals surface area (Å²) >= 11 is 0. The number of nitrogens with one attached hydrogen (secondary N) is 1. The summed E-state index contributed by atoms with van der Waals surface area (Å²) < 4.78 is 11.2. The van der Waals surface area contributed by atoms with Crippen LogP contribution in [-0.2, 0) is 4.79 Å². The van der Waals surface area contributed by atoms with Crippen LogP contribution in [0.5, 0.6) is 11.5 Å². The second-order valence-corrected chi connectivity index (χ2v) is 6.08. The van der Waals surface area contributed by atoms with Gasteiger partial charge in [0.05, 0.1) is 6.54 Å². The zero-order chi connectivity index (χ0) is 17.5. The summed E-state index contributed by atoms with van der Waals surface area (Å²) in [4.78, 5) is 11.8. The van der Waals surface area contributed by atoms with Gasteiger partial charge in [-0.25, -0.2) is 0 Å². The van der Waals surface area contributed by atoms with Gasteiger partial charge >= 0.3 is 0 Å². The summed E-state index contributed by atoms with van der Waals surface area (Å²) in [5.41, 5.74) is 4.54. The van der Waals surface area contributed by atoms with Crippen molar-refractivity contribution in [2.24, 2.45) is 0 Å². The van der Waals surface area contributed by atoms with Gasteiger partial charge in [-0.2, -0.15) is 0 Å². The average Bonchev–Trinajstić information content (AvgIpc) is 2.50. The number of carbonyl (C=O) groups excluding carboxylic acids is 1. The summed E-state index contributed by atoms with van der Waals surface area (Å²) in [7, 11) is 0. The minimum absolute atomic E-state index is 0.00640. The number of aryl methyl sites for hydroxylation is 4. The maximum absolute atomic E-state index is 11.8. The van der Waals surface area contributed by atoms with E-state index < -0.39 is 0 Å². The molecule has 4 nitrogen and oxygen atoms in total. The first-order chi connectivity index (χ1) is 11.4. The van der Waals surface area contributed by atoms with Crippen molar-refractivity contribution >= 4 is 5.91 Å². The quantitative estimate of drug-likeness (QED) is 0.792. The van der Waals surface area contributed by atoms with Crippen molar-refractivity contribution in [2.75, 3.05) is 19.8 Å². The zero-order valence-electron chi connectivity index (χ0n) is 14.8. The normalized spacial score (nSPS) is 10.3. The molecule has 4 heteroatoms. The minimum atomic E-state index is -0.154. The van der Waals surface area contributed by atoms with Crippen LogP contribution in [0.15, 0.2) is 36.4 Å². The summed E-state index contributed by atoms with van der Waals surface area (Å²) in [6, 6.07) is 11.9. The fourth-order valence-electron chi connectivity index (χ4n) is 2.53. The van der Waals surface area contributed by atoms with Crippen LogP contribution in [0.1, 0.15) is 22.3 Å². The molecule has 128 valence electrons. The Morgan fingerprint density at radius 1 is 0.917 bits per heavy atom. The van der Waals surface area contributed by atoms with Gasteiger partial charge in [0.15, 0.2) is 6.61 Å². The molecule has 1 amide bonds. The molecule has 24 heavy (non-hydrogen) atoms. The molecule has 0 spiro atoms. The predicted octanol–water partition coefficient (Wildman–Crippen LogP) is 3.49. The number of hydrogen-bond donors (Lipinski definition) is 1. The third kappa shape index (κ3) is 5.61. The lowest BCUT2D eigenvalue weighted by molar-refractivity contribution is -0.123. The minimum Gasteiger partial charge on any atom is -0.491 e. The van der Waals surface area contributed by atoms with Crippen LogP contribution >= 0.6 is 0 Å². The molecule has 2 rings (SSSR count). The van der Waals surface area contributed by atoms with Crippen molar-refractivity contribution in [1.29, 1.82) is 0 Å². The van der Waals surface area contributed by atoms with E-state index >= 15 is 0 Å². The molecular formula is C20H25NO3. The molecule has 0 aromatic heterocycles. The number of hydrogen-bond acceptors (Lipinski definition) is 3. The first-order valence-electron chi connectivity index (χ1n) is 8.12. The molecular weight excluding hydrogens is 302 g/mol. The molecule has 0 aliphatic rings. The van der Waals surface area contributed by atoms with E-state index in [1.165, 1.54) is 5.56 Å². The third-order valence-corrected chi connectivity index (χ3v) is 3.58. The van der Waals surface area contributed by atoms with Crippen LogP contribution < -0.4 is 14.8 Å². The summed E-state index contributed by atoms with van der Waals surface area (Å²) in [6.07, 6.45) is 0. The maximum atomic E-state index is 11.8. The van der Waals surface area contributed by atoms with Crippen LogP contribution in [0.4, 0.5) is 0 Å². The molecule has 0 saturated heterocycles. The van der Waals surface area contributed by atoms with Gasteiger partial charge in [-0.05, 0) is 62.6 Å². The summed E-state index contributed by atoms with van der Waals surface area (Å²) in [5, 5.41) is 2.79. The predicted molar refractivity (Wildman–Crippen MR) is 95.8 cm³/mol. The Hall–Kier alpha value is -2.49. The van der Waals surface area contributed by atoms with Crippen molar-refractivity contribution in [3.8, 4) is 11.5 Å². The second-order valence-electron chi connectivity index (χ2n) is 6.08. The van der Waals surface area contributed by atoms with Crippen LogP contribution in [0, 0.1) is 27.7 Å². The molecule has 1 N–H and O–H groups in total. The van der Waals surface area contributed by atoms with Crippen molar-refractivity contribution in [3.63, 3.8) is 0 Å². The average molecular weight is 327 g/mol. The van der Waals surface area contributed by atoms with Crippen LogP contribution in [0.2, 0.25) is 0 Å². The van der Waals surface area contributed by atoms with Crippen molar-refractivity contribution in [1.82, 2.24) is 5.32 Å². The molecule has 0 bridgehead atoms. The van der Waals surface area contributed by atoms with Gasteiger partial charge in [-0.1, -0.05) is 23.8 Å². The van der Waals surface area contributed by atoms with Gasteiger partial charge in [-0.15, -0.1) is 0 Å². The summed E-state index contributed by atoms with van der Waals surface area (Å²) in [5.74, 6) is 1.41. The first kappa shape index (κ1) is 17.9. The first-order valence-corrected chi connectivity index (χ1v) is 8.12. The fraction of sp³-hybridized carbons (Fsp3) is 0.350. The lowest BCUT2D eigenvalue weighted by Gasteiger charge is -2.11. The van der Waals surface area contributed by atoms with Gasteiger partial charge in [0.2, 0.25) is 0 Å². The monoisotopic (exact) mass is 327 g/mol. The number of benzene rings is 2. The molecule has 0 atom stereocenters. The van der Waals surface area contributed by atoms with Crippen molar-refractivity contribution < 1.29 is 14.3 Å². The molecule has 0 heterocycles. The summed E-state index contributed by atoms with van der Waals surface area (Å²) in [6.45, 7) is 8.95. The Bertz CT molecular complexity index is 690. The molecule has 2 aromatic rings. The Kier molecular flexibility index (Phi) is 6.24. The largest absolute Gasteiger partial charge is 0.491 e. The van der Waals surface area contributed by atoms with E-state index in [1.54, 1.807) is 0 Å². The van der Waals surface area contributed by atoms with E-state index in [2.05, 4.69) is 17.4 Å². The number of rotatable bonds is 7. The number of carbonyl (C=O) groups is 1. The fourth-order valence-corrected chi connectivity index (χ4v) is 2.53. The number of ether oxygens (including phenoxy) is 2. The van der Waals surface area contributed by atoms with E-state index in [9.17, 15) is 4.79 Å². The molecule has 0 aliphatic heterocycles. The Labute approximate surface area is 143 Å². The molecule has 0 aliphatic carbocycles. The zero-order valence-corrected chi connectivity index (χ0v) is 14.8. The van der Waals surface area contributed by atoms with Crippen LogP contribution in [0.25, 0.3) is 0 Å². The standard InChI is InChI=1S/C20H25NO3/c1-14-5-6-19(17(4)10-14)23-8-7-21-20(22)13-24-18-11-15(2)9-16(3)12-18/h5-6,9-12H,7-8,13H2,1-4H3,(H,21,22). The van der Waals surface area contributed by atoms with E-state index in [0.29, 0.717) is 18.9 Å². The molecule has 0 saturated carbocycles. The lowest BCUT2D eigenvalue weighted by Crippen LogP contribution is -2.32. The van der Waals surface area contributed by atoms with E-state index in [-0.39, 0.29) is 12.5 Å². The van der Waals surface area contributed by atoms with Gasteiger partial charge in [0, 0.05) is 0 Å². The Morgan fingerprint density at radius 2 is 1.62 bits per heavy atom. The SMILES string of the molecule is Cc1cc(C)cc(OCC(=O)NCCOc2ccc(C)cc2C)c1. The van der Waals surface area contributed by atoms with Gasteiger partial charge in [0.25, 0.3) is 5.91 Å².